The van der Waals surface area contributed by atoms with Gasteiger partial charge in [-0.2, -0.15) is 10.4 Å². The highest BCUT2D eigenvalue weighted by atomic mass is 16.5. The number of rotatable bonds is 6. The van der Waals surface area contributed by atoms with Crippen LogP contribution in [0.15, 0.2) is 42.9 Å². The van der Waals surface area contributed by atoms with Gasteiger partial charge < -0.3 is 10.1 Å². The van der Waals surface area contributed by atoms with E-state index in [1.54, 1.807) is 23.0 Å². The van der Waals surface area contributed by atoms with E-state index in [4.69, 9.17) is 5.26 Å². The molecule has 0 fully saturated rings. The summed E-state index contributed by atoms with van der Waals surface area (Å²) in [7, 11) is 1.33. The number of methoxy groups -OCH3 is 1. The maximum Gasteiger partial charge on any atom is 0.327 e. The third-order valence-electron chi connectivity index (χ3n) is 4.57. The third-order valence-corrected chi connectivity index (χ3v) is 4.57. The second-order valence-corrected chi connectivity index (χ2v) is 7.20. The van der Waals surface area contributed by atoms with Gasteiger partial charge in [-0.15, -0.1) is 5.10 Å². The lowest BCUT2D eigenvalue weighted by molar-refractivity contribution is -0.141. The summed E-state index contributed by atoms with van der Waals surface area (Å²) in [6.07, 6.45) is 4.92. The topological polar surface area (TPSA) is 123 Å². The number of pyridine rings is 1. The highest BCUT2D eigenvalue weighted by Crippen LogP contribution is 2.31. The van der Waals surface area contributed by atoms with Crippen LogP contribution in [0.4, 0.5) is 5.69 Å². The summed E-state index contributed by atoms with van der Waals surface area (Å²) in [5, 5.41) is 25.0. The molecule has 10 nitrogen and oxygen atoms in total. The monoisotopic (exact) mass is 416 g/mol. The van der Waals surface area contributed by atoms with Crippen LogP contribution in [0.3, 0.4) is 0 Å². The van der Waals surface area contributed by atoms with Gasteiger partial charge in [0.25, 0.3) is 0 Å². The van der Waals surface area contributed by atoms with Crippen LogP contribution in [0, 0.1) is 11.3 Å². The van der Waals surface area contributed by atoms with E-state index in [9.17, 15) is 4.79 Å². The summed E-state index contributed by atoms with van der Waals surface area (Å²) in [4.78, 5) is 16.1. The van der Waals surface area contributed by atoms with Crippen molar-refractivity contribution >= 4 is 17.2 Å². The van der Waals surface area contributed by atoms with Crippen LogP contribution in [0.1, 0.15) is 19.4 Å². The number of hydrogen-bond acceptors (Lipinski definition) is 8. The fourth-order valence-electron chi connectivity index (χ4n) is 3.18. The molecule has 0 aromatic carbocycles. The van der Waals surface area contributed by atoms with Crippen LogP contribution < -0.4 is 5.32 Å². The standard InChI is InChI=1S/C21H20N8O2/c1-13(2)25-17-7-18(20-5-4-15-6-14(8-22)9-24-29(15)20)23-10-16(17)19-11-28(27-26-19)12-21(30)31-3/h4-7,9-11,13H,12H2,1-3H3,(H,23,25). The van der Waals surface area contributed by atoms with Gasteiger partial charge in [-0.3, -0.25) is 9.78 Å². The number of hydrogen-bond donors (Lipinski definition) is 1. The van der Waals surface area contributed by atoms with E-state index in [1.807, 2.05) is 32.0 Å². The normalized spacial score (nSPS) is 10.9. The summed E-state index contributed by atoms with van der Waals surface area (Å²) in [6, 6.07) is 9.77. The van der Waals surface area contributed by atoms with Gasteiger partial charge in [0.2, 0.25) is 0 Å². The quantitative estimate of drug-likeness (QED) is 0.476. The van der Waals surface area contributed by atoms with Crippen molar-refractivity contribution in [3.8, 4) is 28.7 Å². The van der Waals surface area contributed by atoms with Crippen LogP contribution in [0.5, 0.6) is 0 Å². The zero-order valence-electron chi connectivity index (χ0n) is 17.3. The van der Waals surface area contributed by atoms with Gasteiger partial charge >= 0.3 is 5.97 Å². The minimum Gasteiger partial charge on any atom is -0.468 e. The Hall–Kier alpha value is -4.26. The minimum atomic E-state index is -0.405. The summed E-state index contributed by atoms with van der Waals surface area (Å²) < 4.78 is 7.84. The molecule has 0 unspecified atom stereocenters. The van der Waals surface area contributed by atoms with E-state index in [1.165, 1.54) is 18.0 Å². The van der Waals surface area contributed by atoms with Gasteiger partial charge in [0.15, 0.2) is 0 Å². The lowest BCUT2D eigenvalue weighted by atomic mass is 10.1. The van der Waals surface area contributed by atoms with Gasteiger partial charge in [-0.1, -0.05) is 5.21 Å². The van der Waals surface area contributed by atoms with Gasteiger partial charge in [0.05, 0.1) is 42.0 Å². The van der Waals surface area contributed by atoms with Crippen molar-refractivity contribution in [2.75, 3.05) is 12.4 Å². The second-order valence-electron chi connectivity index (χ2n) is 7.20. The average Bonchev–Trinajstić information content (AvgIpc) is 3.39. The number of nitriles is 1. The summed E-state index contributed by atoms with van der Waals surface area (Å²) in [5.41, 5.74) is 4.99. The third kappa shape index (κ3) is 4.06. The lowest BCUT2D eigenvalue weighted by Gasteiger charge is -2.14. The first kappa shape index (κ1) is 20.0. The molecule has 1 N–H and O–H groups in total. The number of ether oxygens (including phenoxy) is 1. The molecule has 4 rings (SSSR count). The molecule has 0 aliphatic heterocycles. The number of fused-ring (bicyclic) bond motifs is 1. The minimum absolute atomic E-state index is 0.0194. The molecule has 0 atom stereocenters. The largest absolute Gasteiger partial charge is 0.468 e. The van der Waals surface area contributed by atoms with E-state index >= 15 is 0 Å². The molecule has 0 saturated carbocycles. The molecule has 10 heteroatoms. The Morgan fingerprint density at radius 1 is 1.26 bits per heavy atom. The summed E-state index contributed by atoms with van der Waals surface area (Å²) in [5.74, 6) is -0.405. The number of carbonyl (C=O) groups excluding carboxylic acids is 1. The molecule has 4 aromatic rings. The number of nitrogens with one attached hydrogen (secondary N) is 1. The number of aromatic nitrogens is 6. The molecular formula is C21H20N8O2. The first-order chi connectivity index (χ1) is 15.0. The predicted molar refractivity (Wildman–Crippen MR) is 113 cm³/mol. The van der Waals surface area contributed by atoms with Gasteiger partial charge in [-0.05, 0) is 38.1 Å². The second kappa shape index (κ2) is 8.23. The molecule has 0 bridgehead atoms. The van der Waals surface area contributed by atoms with Crippen molar-refractivity contribution in [3.05, 3.63) is 48.4 Å². The average molecular weight is 416 g/mol. The van der Waals surface area contributed by atoms with Crippen LogP contribution in [0.25, 0.3) is 28.2 Å². The van der Waals surface area contributed by atoms with Gasteiger partial charge in [0, 0.05) is 23.5 Å². The van der Waals surface area contributed by atoms with Crippen molar-refractivity contribution in [1.82, 2.24) is 29.6 Å². The SMILES string of the molecule is COC(=O)Cn1cc(-c2cnc(-c3ccc4cc(C#N)cnn34)cc2NC(C)C)nn1. The van der Waals surface area contributed by atoms with E-state index in [0.717, 1.165) is 22.5 Å². The zero-order chi connectivity index (χ0) is 22.0. The van der Waals surface area contributed by atoms with E-state index < -0.39 is 5.97 Å². The summed E-state index contributed by atoms with van der Waals surface area (Å²) in [6.45, 7) is 4.06. The highest BCUT2D eigenvalue weighted by molar-refractivity contribution is 5.79. The van der Waals surface area contributed by atoms with Crippen molar-refractivity contribution < 1.29 is 9.53 Å². The number of anilines is 1. The first-order valence-electron chi connectivity index (χ1n) is 9.60. The Bertz CT molecular complexity index is 1300. The van der Waals surface area contributed by atoms with Gasteiger partial charge in [-0.25, -0.2) is 9.20 Å². The Kier molecular flexibility index (Phi) is 5.32. The molecule has 31 heavy (non-hydrogen) atoms. The van der Waals surface area contributed by atoms with Crippen LogP contribution in [-0.4, -0.2) is 48.7 Å². The Balaban J connectivity index is 1.75. The smallest absolute Gasteiger partial charge is 0.327 e. The molecule has 0 amide bonds. The molecule has 0 saturated heterocycles. The van der Waals surface area contributed by atoms with Crippen molar-refractivity contribution in [1.29, 1.82) is 5.26 Å². The van der Waals surface area contributed by atoms with Crippen LogP contribution >= 0.6 is 0 Å². The molecular weight excluding hydrogens is 396 g/mol. The maximum atomic E-state index is 11.5. The summed E-state index contributed by atoms with van der Waals surface area (Å²) >= 11 is 0. The number of carbonyl (C=O) groups is 1. The Morgan fingerprint density at radius 3 is 2.84 bits per heavy atom. The van der Waals surface area contributed by atoms with E-state index in [2.05, 4.69) is 36.5 Å². The predicted octanol–water partition coefficient (Wildman–Crippen LogP) is 2.52. The molecule has 0 aliphatic rings. The fourth-order valence-corrected chi connectivity index (χ4v) is 3.18. The van der Waals surface area contributed by atoms with Crippen LogP contribution in [0.2, 0.25) is 0 Å². The Labute approximate surface area is 178 Å². The fraction of sp³-hybridized carbons (Fsp3) is 0.238. The Morgan fingerprint density at radius 2 is 2.10 bits per heavy atom. The van der Waals surface area contributed by atoms with Crippen molar-refractivity contribution in [2.24, 2.45) is 0 Å². The van der Waals surface area contributed by atoms with Crippen molar-refractivity contribution in [3.63, 3.8) is 0 Å². The molecule has 0 aliphatic carbocycles. The molecule has 0 spiro atoms. The van der Waals surface area contributed by atoms with Crippen LogP contribution in [-0.2, 0) is 16.1 Å². The maximum absolute atomic E-state index is 11.5. The van der Waals surface area contributed by atoms with Crippen molar-refractivity contribution in [2.45, 2.75) is 26.4 Å². The molecule has 156 valence electrons. The van der Waals surface area contributed by atoms with E-state index in [0.29, 0.717) is 17.0 Å². The van der Waals surface area contributed by atoms with E-state index in [-0.39, 0.29) is 12.6 Å². The molecule has 0 radical (unpaired) electrons. The number of nitrogens with zero attached hydrogens (tertiary/aromatic N) is 7. The number of esters is 1. The zero-order valence-corrected chi connectivity index (χ0v) is 17.3. The molecule has 4 heterocycles. The highest BCUT2D eigenvalue weighted by Gasteiger charge is 2.16. The lowest BCUT2D eigenvalue weighted by Crippen LogP contribution is -2.12. The van der Waals surface area contributed by atoms with Gasteiger partial charge in [0.1, 0.15) is 18.3 Å². The first-order valence-corrected chi connectivity index (χ1v) is 9.60. The molecule has 4 aromatic heterocycles.